The molecule has 3 N–H and O–H groups in total. The largest absolute Gasteiger partial charge is 0.397 e. The molecule has 0 saturated carbocycles. The summed E-state index contributed by atoms with van der Waals surface area (Å²) in [5, 5.41) is 0. The van der Waals surface area contributed by atoms with E-state index in [2.05, 4.69) is 16.5 Å². The van der Waals surface area contributed by atoms with Crippen LogP contribution in [0.3, 0.4) is 0 Å². The minimum atomic E-state index is -3.42. The monoisotopic (exact) mass is 297 g/mol. The molecule has 0 bridgehead atoms. The average Bonchev–Trinajstić information content (AvgIpc) is 2.88. The molecule has 0 aliphatic carbocycles. The smallest absolute Gasteiger partial charge is 0.240 e. The lowest BCUT2D eigenvalue weighted by Crippen LogP contribution is -2.23. The van der Waals surface area contributed by atoms with E-state index in [1.165, 1.54) is 19.9 Å². The van der Waals surface area contributed by atoms with Gasteiger partial charge in [-0.3, -0.25) is 0 Å². The van der Waals surface area contributed by atoms with Gasteiger partial charge < -0.3 is 10.6 Å². The Labute approximate surface area is 121 Å². The van der Waals surface area contributed by atoms with Crippen LogP contribution in [0.4, 0.5) is 11.4 Å². The third kappa shape index (κ3) is 3.07. The Bertz CT molecular complexity index is 572. The molecule has 1 heterocycles. The molecule has 0 aromatic heterocycles. The zero-order valence-electron chi connectivity index (χ0n) is 12.1. The number of nitrogens with one attached hydrogen (secondary N) is 1. The van der Waals surface area contributed by atoms with Crippen molar-refractivity contribution in [3.8, 4) is 0 Å². The summed E-state index contributed by atoms with van der Waals surface area (Å²) < 4.78 is 26.1. The number of benzene rings is 1. The van der Waals surface area contributed by atoms with E-state index < -0.39 is 10.0 Å². The van der Waals surface area contributed by atoms with E-state index in [1.807, 2.05) is 0 Å². The molecule has 1 saturated heterocycles. The Hall–Kier alpha value is -1.27. The highest BCUT2D eigenvalue weighted by Gasteiger charge is 2.24. The van der Waals surface area contributed by atoms with Crippen LogP contribution < -0.4 is 15.4 Å². The first-order valence-electron chi connectivity index (χ1n) is 7.06. The van der Waals surface area contributed by atoms with Gasteiger partial charge in [0, 0.05) is 13.1 Å². The van der Waals surface area contributed by atoms with Crippen molar-refractivity contribution in [1.82, 2.24) is 4.72 Å². The van der Waals surface area contributed by atoms with Crippen molar-refractivity contribution in [1.29, 1.82) is 0 Å². The number of nitrogens with two attached hydrogens (primary N) is 1. The van der Waals surface area contributed by atoms with E-state index in [4.69, 9.17) is 5.73 Å². The maximum absolute atomic E-state index is 11.9. The van der Waals surface area contributed by atoms with E-state index in [9.17, 15) is 8.42 Å². The first-order chi connectivity index (χ1) is 9.47. The summed E-state index contributed by atoms with van der Waals surface area (Å²) in [4.78, 5) is 2.47. The number of nitrogen functional groups attached to an aromatic ring is 1. The van der Waals surface area contributed by atoms with E-state index in [-0.39, 0.29) is 4.90 Å². The van der Waals surface area contributed by atoms with Gasteiger partial charge in [0.15, 0.2) is 0 Å². The molecule has 1 aromatic rings. The summed E-state index contributed by atoms with van der Waals surface area (Å²) in [5.41, 5.74) is 7.49. The van der Waals surface area contributed by atoms with Crippen LogP contribution in [0.15, 0.2) is 23.1 Å². The maximum atomic E-state index is 11.9. The van der Waals surface area contributed by atoms with Gasteiger partial charge in [-0.2, -0.15) is 0 Å². The molecule has 2 rings (SSSR count). The first-order valence-corrected chi connectivity index (χ1v) is 8.54. The Morgan fingerprint density at radius 3 is 2.85 bits per heavy atom. The SMILES string of the molecule is CCCC1CCN(c2cc(S(=O)(=O)NC)ccc2N)C1. The molecular weight excluding hydrogens is 274 g/mol. The topological polar surface area (TPSA) is 75.4 Å². The number of sulfonamides is 1. The minimum absolute atomic E-state index is 0.267. The number of hydrogen-bond donors (Lipinski definition) is 2. The average molecular weight is 297 g/mol. The summed E-state index contributed by atoms with van der Waals surface area (Å²) in [6.07, 6.45) is 3.54. The number of anilines is 2. The highest BCUT2D eigenvalue weighted by molar-refractivity contribution is 7.89. The molecule has 1 atom stereocenters. The molecule has 1 aromatic carbocycles. The zero-order chi connectivity index (χ0) is 14.8. The molecule has 0 radical (unpaired) electrons. The Kier molecular flexibility index (Phi) is 4.55. The van der Waals surface area contributed by atoms with E-state index in [0.29, 0.717) is 11.6 Å². The van der Waals surface area contributed by atoms with Crippen molar-refractivity contribution in [3.63, 3.8) is 0 Å². The molecule has 1 fully saturated rings. The highest BCUT2D eigenvalue weighted by Crippen LogP contribution is 2.32. The molecule has 1 unspecified atom stereocenters. The number of hydrogen-bond acceptors (Lipinski definition) is 4. The number of nitrogens with zero attached hydrogens (tertiary/aromatic N) is 1. The summed E-state index contributed by atoms with van der Waals surface area (Å²) >= 11 is 0. The van der Waals surface area contributed by atoms with Gasteiger partial charge in [-0.05, 0) is 44.0 Å². The van der Waals surface area contributed by atoms with Crippen LogP contribution in [0, 0.1) is 5.92 Å². The first kappa shape index (κ1) is 15.1. The van der Waals surface area contributed by atoms with Crippen LogP contribution >= 0.6 is 0 Å². The quantitative estimate of drug-likeness (QED) is 0.813. The van der Waals surface area contributed by atoms with E-state index >= 15 is 0 Å². The van der Waals surface area contributed by atoms with Crippen molar-refractivity contribution in [2.24, 2.45) is 5.92 Å². The van der Waals surface area contributed by atoms with Gasteiger partial charge in [0.1, 0.15) is 0 Å². The van der Waals surface area contributed by atoms with Gasteiger partial charge in [0.25, 0.3) is 0 Å². The van der Waals surface area contributed by atoms with Crippen molar-refractivity contribution in [3.05, 3.63) is 18.2 Å². The molecule has 6 heteroatoms. The fraction of sp³-hybridized carbons (Fsp3) is 0.571. The van der Waals surface area contributed by atoms with Gasteiger partial charge in [-0.15, -0.1) is 0 Å². The third-order valence-electron chi connectivity index (χ3n) is 3.90. The lowest BCUT2D eigenvalue weighted by molar-refractivity contribution is 0.530. The second kappa shape index (κ2) is 6.01. The summed E-state index contributed by atoms with van der Waals surface area (Å²) in [7, 11) is -2.01. The van der Waals surface area contributed by atoms with Gasteiger partial charge in [-0.1, -0.05) is 13.3 Å². The Balaban J connectivity index is 2.26. The van der Waals surface area contributed by atoms with Crippen molar-refractivity contribution in [2.75, 3.05) is 30.8 Å². The standard InChI is InChI=1S/C14H23N3O2S/c1-3-4-11-7-8-17(10-11)14-9-12(5-6-13(14)15)20(18,19)16-2/h5-6,9,11,16H,3-4,7-8,10,15H2,1-2H3. The lowest BCUT2D eigenvalue weighted by Gasteiger charge is -2.21. The zero-order valence-corrected chi connectivity index (χ0v) is 12.9. The summed E-state index contributed by atoms with van der Waals surface area (Å²) in [5.74, 6) is 0.684. The van der Waals surface area contributed by atoms with Crippen molar-refractivity contribution >= 4 is 21.4 Å². The molecule has 1 aliphatic rings. The molecule has 0 spiro atoms. The number of rotatable bonds is 5. The Morgan fingerprint density at radius 1 is 1.45 bits per heavy atom. The van der Waals surface area contributed by atoms with E-state index in [1.54, 1.807) is 18.2 Å². The molecule has 112 valence electrons. The van der Waals surface area contributed by atoms with E-state index in [0.717, 1.165) is 25.2 Å². The highest BCUT2D eigenvalue weighted by atomic mass is 32.2. The predicted molar refractivity (Wildman–Crippen MR) is 82.3 cm³/mol. The van der Waals surface area contributed by atoms with Crippen molar-refractivity contribution in [2.45, 2.75) is 31.1 Å². The maximum Gasteiger partial charge on any atom is 0.240 e. The molecule has 20 heavy (non-hydrogen) atoms. The fourth-order valence-corrected chi connectivity index (χ4v) is 3.53. The van der Waals surface area contributed by atoms with Gasteiger partial charge in [0.2, 0.25) is 10.0 Å². The van der Waals surface area contributed by atoms with Crippen LogP contribution in [0.1, 0.15) is 26.2 Å². The third-order valence-corrected chi connectivity index (χ3v) is 5.32. The second-order valence-corrected chi connectivity index (χ2v) is 7.20. The predicted octanol–water partition coefficient (Wildman–Crippen LogP) is 1.80. The van der Waals surface area contributed by atoms with Gasteiger partial charge in [0.05, 0.1) is 16.3 Å². The van der Waals surface area contributed by atoms with Gasteiger partial charge in [-0.25, -0.2) is 13.1 Å². The molecular formula is C14H23N3O2S. The second-order valence-electron chi connectivity index (χ2n) is 5.32. The van der Waals surface area contributed by atoms with Crippen LogP contribution in [0.2, 0.25) is 0 Å². The minimum Gasteiger partial charge on any atom is -0.397 e. The summed E-state index contributed by atoms with van der Waals surface area (Å²) in [6, 6.07) is 4.90. The van der Waals surface area contributed by atoms with Crippen molar-refractivity contribution < 1.29 is 8.42 Å². The Morgan fingerprint density at radius 2 is 2.20 bits per heavy atom. The van der Waals surface area contributed by atoms with Crippen LogP contribution in [0.5, 0.6) is 0 Å². The van der Waals surface area contributed by atoms with Gasteiger partial charge >= 0.3 is 0 Å². The van der Waals surface area contributed by atoms with Crippen LogP contribution in [0.25, 0.3) is 0 Å². The molecule has 5 nitrogen and oxygen atoms in total. The fourth-order valence-electron chi connectivity index (χ4n) is 2.78. The lowest BCUT2D eigenvalue weighted by atomic mass is 10.0. The molecule has 0 amide bonds. The normalized spacial score (nSPS) is 19.5. The molecule has 1 aliphatic heterocycles. The van der Waals surface area contributed by atoms with Crippen LogP contribution in [-0.4, -0.2) is 28.6 Å². The van der Waals surface area contributed by atoms with Crippen LogP contribution in [-0.2, 0) is 10.0 Å². The summed E-state index contributed by atoms with van der Waals surface area (Å²) in [6.45, 7) is 4.09.